The first-order valence-electron chi connectivity index (χ1n) is 11.3. The zero-order valence-corrected chi connectivity index (χ0v) is 21.0. The number of ether oxygens (including phenoxy) is 2. The number of non-ortho nitro benzene ring substituents is 1. The molecule has 11 heteroatoms. The average molecular weight is 521 g/mol. The Balaban J connectivity index is 1.78. The smallest absolute Gasteiger partial charge is 0.269 e. The molecule has 37 heavy (non-hydrogen) atoms. The lowest BCUT2D eigenvalue weighted by Crippen LogP contribution is -2.27. The molecule has 0 fully saturated rings. The van der Waals surface area contributed by atoms with Gasteiger partial charge in [-0.2, -0.15) is 0 Å². The highest BCUT2D eigenvalue weighted by molar-refractivity contribution is 7.98. The molecule has 0 saturated heterocycles. The predicted octanol–water partition coefficient (Wildman–Crippen LogP) is 3.97. The number of hydrogen-bond acceptors (Lipinski definition) is 8. The zero-order chi connectivity index (χ0) is 26.4. The third-order valence-corrected chi connectivity index (χ3v) is 6.50. The van der Waals surface area contributed by atoms with Crippen molar-refractivity contribution in [3.05, 3.63) is 98.3 Å². The molecule has 4 aromatic rings. The number of carbonyl (C=O) groups is 1. The summed E-state index contributed by atoms with van der Waals surface area (Å²) in [5.41, 5.74) is 1.66. The Morgan fingerprint density at radius 2 is 1.92 bits per heavy atom. The van der Waals surface area contributed by atoms with Gasteiger partial charge in [-0.05, 0) is 35.9 Å². The third-order valence-electron chi connectivity index (χ3n) is 5.49. The van der Waals surface area contributed by atoms with E-state index in [9.17, 15) is 19.7 Å². The number of fused-ring (bicyclic) bond motifs is 1. The molecule has 0 saturated carbocycles. The van der Waals surface area contributed by atoms with Gasteiger partial charge in [-0.15, -0.1) is 0 Å². The van der Waals surface area contributed by atoms with Gasteiger partial charge in [0.2, 0.25) is 0 Å². The van der Waals surface area contributed by atoms with Crippen LogP contribution in [0, 0.1) is 10.1 Å². The maximum Gasteiger partial charge on any atom is 0.269 e. The Hall–Kier alpha value is -4.22. The highest BCUT2D eigenvalue weighted by Gasteiger charge is 2.17. The van der Waals surface area contributed by atoms with Crippen molar-refractivity contribution < 1.29 is 19.2 Å². The van der Waals surface area contributed by atoms with E-state index in [1.807, 2.05) is 0 Å². The molecule has 4 rings (SSSR count). The van der Waals surface area contributed by atoms with E-state index in [2.05, 4.69) is 5.32 Å². The molecule has 0 atom stereocenters. The van der Waals surface area contributed by atoms with Crippen LogP contribution >= 0.6 is 11.8 Å². The zero-order valence-electron chi connectivity index (χ0n) is 20.2. The van der Waals surface area contributed by atoms with E-state index in [0.29, 0.717) is 57.5 Å². The number of nitro benzene ring substituents is 1. The van der Waals surface area contributed by atoms with Gasteiger partial charge in [-0.1, -0.05) is 30.0 Å². The van der Waals surface area contributed by atoms with Gasteiger partial charge in [0.05, 0.1) is 35.2 Å². The topological polar surface area (TPSA) is 126 Å². The van der Waals surface area contributed by atoms with E-state index in [4.69, 9.17) is 14.5 Å². The minimum Gasteiger partial charge on any atom is -0.497 e. The van der Waals surface area contributed by atoms with Crippen LogP contribution in [0.5, 0.6) is 5.75 Å². The Morgan fingerprint density at radius 1 is 1.11 bits per heavy atom. The standard InChI is InChI=1S/C26H24N4O6S/c1-35-12-11-27-24(31)18-9-10-22-23(14-18)28-26(37-16-17-5-3-7-20(13-17)30(33)34)29(25(22)32)19-6-4-8-21(15-19)36-2/h3-10,13-15H,11-12,16H2,1-2H3,(H,27,31). The molecule has 1 heterocycles. The number of nitrogens with zero attached hydrogens (tertiary/aromatic N) is 3. The summed E-state index contributed by atoms with van der Waals surface area (Å²) >= 11 is 1.26. The molecular weight excluding hydrogens is 496 g/mol. The van der Waals surface area contributed by atoms with Crippen LogP contribution in [0.1, 0.15) is 15.9 Å². The molecule has 1 amide bonds. The summed E-state index contributed by atoms with van der Waals surface area (Å²) in [6, 6.07) is 18.1. The first kappa shape index (κ1) is 25.9. The van der Waals surface area contributed by atoms with Gasteiger partial charge in [0.25, 0.3) is 17.2 Å². The molecule has 190 valence electrons. The van der Waals surface area contributed by atoms with E-state index in [-0.39, 0.29) is 17.2 Å². The molecule has 1 N–H and O–H groups in total. The van der Waals surface area contributed by atoms with Gasteiger partial charge in [-0.25, -0.2) is 4.98 Å². The second-order valence-corrected chi connectivity index (χ2v) is 8.88. The fraction of sp³-hybridized carbons (Fsp3) is 0.192. The SMILES string of the molecule is COCCNC(=O)c1ccc2c(=O)n(-c3cccc(OC)c3)c(SCc3cccc([N+](=O)[O-])c3)nc2c1. The molecule has 0 aliphatic heterocycles. The number of rotatable bonds is 10. The van der Waals surface area contributed by atoms with Gasteiger partial charge >= 0.3 is 0 Å². The van der Waals surface area contributed by atoms with Crippen LogP contribution < -0.4 is 15.6 Å². The van der Waals surface area contributed by atoms with Crippen LogP contribution in [-0.2, 0) is 10.5 Å². The van der Waals surface area contributed by atoms with Crippen LogP contribution in [0.25, 0.3) is 16.6 Å². The normalized spacial score (nSPS) is 10.9. The average Bonchev–Trinajstić information content (AvgIpc) is 2.91. The highest BCUT2D eigenvalue weighted by atomic mass is 32.2. The van der Waals surface area contributed by atoms with Crippen molar-refractivity contribution in [1.29, 1.82) is 0 Å². The molecule has 0 aliphatic carbocycles. The van der Waals surface area contributed by atoms with Crippen molar-refractivity contribution in [2.75, 3.05) is 27.4 Å². The molecule has 0 spiro atoms. The van der Waals surface area contributed by atoms with Crippen LogP contribution in [0.15, 0.2) is 76.7 Å². The number of benzene rings is 3. The van der Waals surface area contributed by atoms with E-state index in [1.54, 1.807) is 61.7 Å². The van der Waals surface area contributed by atoms with Gasteiger partial charge in [-0.3, -0.25) is 24.3 Å². The monoisotopic (exact) mass is 520 g/mol. The summed E-state index contributed by atoms with van der Waals surface area (Å²) < 4.78 is 11.8. The number of thioether (sulfide) groups is 1. The first-order chi connectivity index (χ1) is 17.9. The van der Waals surface area contributed by atoms with Crippen molar-refractivity contribution >= 4 is 34.3 Å². The molecule has 0 aliphatic rings. The minimum absolute atomic E-state index is 0.0149. The van der Waals surface area contributed by atoms with Crippen molar-refractivity contribution in [2.45, 2.75) is 10.9 Å². The Labute approximate surface area is 216 Å². The maximum atomic E-state index is 13.7. The fourth-order valence-electron chi connectivity index (χ4n) is 3.66. The quantitative estimate of drug-likeness (QED) is 0.109. The van der Waals surface area contributed by atoms with E-state index < -0.39 is 4.92 Å². The van der Waals surface area contributed by atoms with Crippen LogP contribution in [0.3, 0.4) is 0 Å². The van der Waals surface area contributed by atoms with E-state index in [1.165, 1.54) is 35.6 Å². The summed E-state index contributed by atoms with van der Waals surface area (Å²) in [5.74, 6) is 0.603. The lowest BCUT2D eigenvalue weighted by Gasteiger charge is -2.14. The van der Waals surface area contributed by atoms with Crippen molar-refractivity contribution in [3.8, 4) is 11.4 Å². The summed E-state index contributed by atoms with van der Waals surface area (Å²) in [6.07, 6.45) is 0. The number of amides is 1. The highest BCUT2D eigenvalue weighted by Crippen LogP contribution is 2.27. The van der Waals surface area contributed by atoms with Gasteiger partial charge < -0.3 is 14.8 Å². The minimum atomic E-state index is -0.451. The molecule has 10 nitrogen and oxygen atoms in total. The molecular formula is C26H24N4O6S. The molecule has 1 aromatic heterocycles. The second kappa shape index (κ2) is 11.7. The lowest BCUT2D eigenvalue weighted by molar-refractivity contribution is -0.384. The van der Waals surface area contributed by atoms with Gasteiger partial charge in [0.15, 0.2) is 5.16 Å². The molecule has 3 aromatic carbocycles. The van der Waals surface area contributed by atoms with Gasteiger partial charge in [0, 0.05) is 43.2 Å². The number of hydrogen-bond donors (Lipinski definition) is 1. The van der Waals surface area contributed by atoms with Crippen LogP contribution in [0.4, 0.5) is 5.69 Å². The van der Waals surface area contributed by atoms with Crippen LogP contribution in [-0.4, -0.2) is 47.8 Å². The number of aromatic nitrogens is 2. The van der Waals surface area contributed by atoms with Crippen molar-refractivity contribution in [3.63, 3.8) is 0 Å². The maximum absolute atomic E-state index is 13.7. The number of nitrogens with one attached hydrogen (secondary N) is 1. The van der Waals surface area contributed by atoms with Crippen LogP contribution in [0.2, 0.25) is 0 Å². The van der Waals surface area contributed by atoms with Gasteiger partial charge in [0.1, 0.15) is 5.75 Å². The fourth-order valence-corrected chi connectivity index (χ4v) is 4.61. The first-order valence-corrected chi connectivity index (χ1v) is 12.2. The summed E-state index contributed by atoms with van der Waals surface area (Å²) in [5, 5.41) is 14.6. The van der Waals surface area contributed by atoms with E-state index >= 15 is 0 Å². The number of methoxy groups -OCH3 is 2. The molecule has 0 radical (unpaired) electrons. The lowest BCUT2D eigenvalue weighted by atomic mass is 10.1. The van der Waals surface area contributed by atoms with Crippen molar-refractivity contribution in [2.24, 2.45) is 0 Å². The summed E-state index contributed by atoms with van der Waals surface area (Å²) in [4.78, 5) is 41.6. The Morgan fingerprint density at radius 3 is 2.68 bits per heavy atom. The second-order valence-electron chi connectivity index (χ2n) is 7.93. The summed E-state index contributed by atoms with van der Waals surface area (Å²) in [6.45, 7) is 0.726. The van der Waals surface area contributed by atoms with E-state index in [0.717, 1.165) is 0 Å². The molecule has 0 bridgehead atoms. The van der Waals surface area contributed by atoms with Crippen molar-refractivity contribution in [1.82, 2.24) is 14.9 Å². The number of nitro groups is 1. The Bertz CT molecular complexity index is 1520. The Kier molecular flexibility index (Phi) is 8.16. The largest absolute Gasteiger partial charge is 0.497 e. The number of carbonyl (C=O) groups excluding carboxylic acids is 1. The summed E-state index contributed by atoms with van der Waals surface area (Å²) in [7, 11) is 3.09. The predicted molar refractivity (Wildman–Crippen MR) is 141 cm³/mol. The molecule has 0 unspecified atom stereocenters. The third kappa shape index (κ3) is 5.96.